The van der Waals surface area contributed by atoms with E-state index in [9.17, 15) is 14.7 Å². The molecule has 0 bridgehead atoms. The lowest BCUT2D eigenvalue weighted by Gasteiger charge is -2.25. The van der Waals surface area contributed by atoms with E-state index < -0.39 is 11.5 Å². The predicted molar refractivity (Wildman–Crippen MR) is 61.7 cm³/mol. The smallest absolute Gasteiger partial charge is 0.329 e. The van der Waals surface area contributed by atoms with Crippen LogP contribution in [0.25, 0.3) is 0 Å². The maximum atomic E-state index is 12.0. The van der Waals surface area contributed by atoms with Crippen LogP contribution in [0.3, 0.4) is 0 Å². The van der Waals surface area contributed by atoms with Crippen LogP contribution < -0.4 is 5.32 Å². The lowest BCUT2D eigenvalue weighted by atomic mass is 9.97. The van der Waals surface area contributed by atoms with Crippen LogP contribution >= 0.6 is 0 Å². The molecule has 1 aliphatic rings. The van der Waals surface area contributed by atoms with E-state index in [-0.39, 0.29) is 5.91 Å². The molecule has 0 aromatic carbocycles. The second-order valence-electron chi connectivity index (χ2n) is 4.55. The van der Waals surface area contributed by atoms with Crippen molar-refractivity contribution in [3.8, 4) is 0 Å². The molecule has 2 N–H and O–H groups in total. The van der Waals surface area contributed by atoms with Crippen LogP contribution in [0.1, 0.15) is 36.2 Å². The Balaban J connectivity index is 2.17. The number of hydrogen-bond donors (Lipinski definition) is 2. The Kier molecular flexibility index (Phi) is 2.92. The number of amides is 1. The Bertz CT molecular complexity index is 444. The Morgan fingerprint density at radius 3 is 2.53 bits per heavy atom. The lowest BCUT2D eigenvalue weighted by Crippen LogP contribution is -2.52. The van der Waals surface area contributed by atoms with Gasteiger partial charge >= 0.3 is 5.97 Å². The molecule has 1 aromatic rings. The van der Waals surface area contributed by atoms with Crippen LogP contribution in [-0.4, -0.2) is 27.1 Å². The predicted octanol–water partition coefficient (Wildman–Crippen LogP) is 1.15. The molecule has 1 amide bonds. The first-order valence-electron chi connectivity index (χ1n) is 5.72. The summed E-state index contributed by atoms with van der Waals surface area (Å²) in [5, 5.41) is 11.9. The zero-order valence-corrected chi connectivity index (χ0v) is 9.77. The molecule has 1 heterocycles. The maximum absolute atomic E-state index is 12.0. The molecule has 0 spiro atoms. The van der Waals surface area contributed by atoms with Gasteiger partial charge in [0.25, 0.3) is 5.91 Å². The minimum atomic E-state index is -1.07. The van der Waals surface area contributed by atoms with Crippen molar-refractivity contribution in [3.63, 3.8) is 0 Å². The molecule has 0 unspecified atom stereocenters. The van der Waals surface area contributed by atoms with Crippen LogP contribution in [0.5, 0.6) is 0 Å². The number of carbonyl (C=O) groups is 2. The number of aromatic nitrogens is 1. The summed E-state index contributed by atoms with van der Waals surface area (Å²) >= 11 is 0. The average Bonchev–Trinajstić information content (AvgIpc) is 2.87. The molecule has 0 radical (unpaired) electrons. The fourth-order valence-corrected chi connectivity index (χ4v) is 2.35. The van der Waals surface area contributed by atoms with Crippen molar-refractivity contribution >= 4 is 11.9 Å². The Hall–Kier alpha value is -1.78. The van der Waals surface area contributed by atoms with Gasteiger partial charge in [-0.05, 0) is 25.0 Å². The van der Waals surface area contributed by atoms with Gasteiger partial charge in [0.1, 0.15) is 11.2 Å². The van der Waals surface area contributed by atoms with Gasteiger partial charge in [0.05, 0.1) is 0 Å². The number of aryl methyl sites for hydroxylation is 1. The second-order valence-corrected chi connectivity index (χ2v) is 4.55. The summed E-state index contributed by atoms with van der Waals surface area (Å²) in [5.41, 5.74) is -0.584. The fourth-order valence-electron chi connectivity index (χ4n) is 2.35. The van der Waals surface area contributed by atoms with E-state index in [0.29, 0.717) is 18.5 Å². The highest BCUT2D eigenvalue weighted by Crippen LogP contribution is 2.30. The van der Waals surface area contributed by atoms with E-state index in [0.717, 1.165) is 12.8 Å². The van der Waals surface area contributed by atoms with Crippen LogP contribution in [-0.2, 0) is 11.8 Å². The minimum Gasteiger partial charge on any atom is -0.480 e. The van der Waals surface area contributed by atoms with Gasteiger partial charge in [-0.1, -0.05) is 12.8 Å². The molecule has 1 fully saturated rings. The van der Waals surface area contributed by atoms with Crippen molar-refractivity contribution in [1.29, 1.82) is 0 Å². The molecule has 0 saturated heterocycles. The summed E-state index contributed by atoms with van der Waals surface area (Å²) in [6, 6.07) is 3.44. The number of carbonyl (C=O) groups excluding carboxylic acids is 1. The van der Waals surface area contributed by atoms with Crippen molar-refractivity contribution in [3.05, 3.63) is 24.0 Å². The van der Waals surface area contributed by atoms with Gasteiger partial charge in [-0.15, -0.1) is 0 Å². The number of rotatable bonds is 3. The fraction of sp³-hybridized carbons (Fsp3) is 0.500. The van der Waals surface area contributed by atoms with Crippen LogP contribution in [0.15, 0.2) is 18.3 Å². The highest BCUT2D eigenvalue weighted by Gasteiger charge is 2.42. The molecule has 0 atom stereocenters. The Morgan fingerprint density at radius 1 is 1.41 bits per heavy atom. The van der Waals surface area contributed by atoms with Crippen molar-refractivity contribution in [2.75, 3.05) is 0 Å². The minimum absolute atomic E-state index is 0.318. The molecule has 0 aliphatic heterocycles. The van der Waals surface area contributed by atoms with Crippen molar-refractivity contribution < 1.29 is 14.7 Å². The zero-order valence-electron chi connectivity index (χ0n) is 9.77. The summed E-state index contributed by atoms with van der Waals surface area (Å²) in [6.45, 7) is 0. The number of nitrogens with one attached hydrogen (secondary N) is 1. The molecule has 5 nitrogen and oxygen atoms in total. The Labute approximate surface area is 99.4 Å². The molecular formula is C12H16N2O3. The van der Waals surface area contributed by atoms with Crippen LogP contribution in [0, 0.1) is 0 Å². The van der Waals surface area contributed by atoms with Crippen molar-refractivity contribution in [2.45, 2.75) is 31.2 Å². The van der Waals surface area contributed by atoms with Gasteiger partial charge in [-0.25, -0.2) is 4.79 Å². The largest absolute Gasteiger partial charge is 0.480 e. The zero-order chi connectivity index (χ0) is 12.5. The number of carboxylic acids is 1. The number of hydrogen-bond acceptors (Lipinski definition) is 2. The average molecular weight is 236 g/mol. The standard InChI is InChI=1S/C12H16N2O3/c1-14-8-4-5-9(14)10(15)13-12(11(16)17)6-2-3-7-12/h4-5,8H,2-3,6-7H2,1H3,(H,13,15)(H,16,17). The van der Waals surface area contributed by atoms with E-state index in [2.05, 4.69) is 5.32 Å². The monoisotopic (exact) mass is 236 g/mol. The number of carboxylic acid groups (broad SMARTS) is 1. The molecule has 2 rings (SSSR count). The normalized spacial score (nSPS) is 17.9. The van der Waals surface area contributed by atoms with Crippen molar-refractivity contribution in [1.82, 2.24) is 9.88 Å². The van der Waals surface area contributed by atoms with Gasteiger partial charge in [0.15, 0.2) is 0 Å². The highest BCUT2D eigenvalue weighted by molar-refractivity contribution is 5.96. The van der Waals surface area contributed by atoms with Gasteiger partial charge < -0.3 is 15.0 Å². The SMILES string of the molecule is Cn1cccc1C(=O)NC1(C(=O)O)CCCC1. The molecular weight excluding hydrogens is 220 g/mol. The van der Waals surface area contributed by atoms with E-state index in [1.807, 2.05) is 0 Å². The Morgan fingerprint density at radius 2 is 2.06 bits per heavy atom. The summed E-state index contributed by atoms with van der Waals surface area (Å²) in [5.74, 6) is -1.25. The molecule has 1 saturated carbocycles. The van der Waals surface area contributed by atoms with Crippen molar-refractivity contribution in [2.24, 2.45) is 7.05 Å². The quantitative estimate of drug-likeness (QED) is 0.827. The van der Waals surface area contributed by atoms with Crippen LogP contribution in [0.4, 0.5) is 0 Å². The number of nitrogens with zero attached hydrogens (tertiary/aromatic N) is 1. The summed E-state index contributed by atoms with van der Waals surface area (Å²) in [6.07, 6.45) is 4.48. The van der Waals surface area contributed by atoms with E-state index in [1.54, 1.807) is 29.9 Å². The van der Waals surface area contributed by atoms with Gasteiger partial charge in [0, 0.05) is 13.2 Å². The first-order valence-corrected chi connectivity index (χ1v) is 5.72. The highest BCUT2D eigenvalue weighted by atomic mass is 16.4. The van der Waals surface area contributed by atoms with E-state index in [4.69, 9.17) is 0 Å². The summed E-state index contributed by atoms with van der Waals surface area (Å²) < 4.78 is 1.68. The third kappa shape index (κ3) is 2.05. The number of aliphatic carboxylic acids is 1. The van der Waals surface area contributed by atoms with E-state index in [1.165, 1.54) is 0 Å². The summed E-state index contributed by atoms with van der Waals surface area (Å²) in [7, 11) is 1.76. The molecule has 92 valence electrons. The molecule has 17 heavy (non-hydrogen) atoms. The third-order valence-electron chi connectivity index (χ3n) is 3.40. The second kappa shape index (κ2) is 4.24. The molecule has 1 aromatic heterocycles. The third-order valence-corrected chi connectivity index (χ3v) is 3.40. The molecule has 1 aliphatic carbocycles. The lowest BCUT2D eigenvalue weighted by molar-refractivity contribution is -0.144. The molecule has 5 heteroatoms. The van der Waals surface area contributed by atoms with Gasteiger partial charge in [-0.3, -0.25) is 4.79 Å². The topological polar surface area (TPSA) is 71.3 Å². The van der Waals surface area contributed by atoms with Gasteiger partial charge in [-0.2, -0.15) is 0 Å². The first kappa shape index (κ1) is 11.7. The first-order chi connectivity index (χ1) is 8.05. The van der Waals surface area contributed by atoms with E-state index >= 15 is 0 Å². The summed E-state index contributed by atoms with van der Waals surface area (Å²) in [4.78, 5) is 23.3. The maximum Gasteiger partial charge on any atom is 0.329 e. The van der Waals surface area contributed by atoms with Gasteiger partial charge in [0.2, 0.25) is 0 Å². The van der Waals surface area contributed by atoms with Crippen LogP contribution in [0.2, 0.25) is 0 Å².